The molecule has 0 aromatic rings. The smallest absolute Gasteiger partial charge is 0.326 e. The van der Waals surface area contributed by atoms with Gasteiger partial charge in [0.2, 0.25) is 11.8 Å². The molecule has 4 N–H and O–H groups in total. The van der Waals surface area contributed by atoms with Crippen LogP contribution in [0.1, 0.15) is 83.5 Å². The summed E-state index contributed by atoms with van der Waals surface area (Å²) in [5, 5.41) is 22.8. The second-order valence-electron chi connectivity index (χ2n) is 9.47. The molecule has 0 saturated heterocycles. The van der Waals surface area contributed by atoms with Crippen molar-refractivity contribution in [1.82, 2.24) is 10.6 Å². The average molecular weight is 591 g/mol. The molecular weight excluding hydrogens is 540 g/mol. The third-order valence-electron chi connectivity index (χ3n) is 5.91. The molecule has 13 heteroatoms. The number of ether oxygens (including phenoxy) is 4. The number of carbonyl (C=O) groups excluding carboxylic acids is 3. The van der Waals surface area contributed by atoms with Crippen LogP contribution in [0.3, 0.4) is 0 Å². The van der Waals surface area contributed by atoms with Crippen molar-refractivity contribution in [2.24, 2.45) is 0 Å². The number of aliphatic carboxylic acids is 2. The molecule has 13 nitrogen and oxygen atoms in total. The predicted molar refractivity (Wildman–Crippen MR) is 150 cm³/mol. The fourth-order valence-corrected chi connectivity index (χ4v) is 3.66. The van der Waals surface area contributed by atoms with Crippen LogP contribution in [0, 0.1) is 0 Å². The van der Waals surface area contributed by atoms with Gasteiger partial charge in [-0.3, -0.25) is 14.4 Å². The van der Waals surface area contributed by atoms with Crippen molar-refractivity contribution >= 4 is 30.0 Å². The SMILES string of the molecule is O=CCCC(NC(=O)CCOCCOCCOCCOCCNC(=O)CCCCCCCCCCC(=O)O)C(=O)O. The summed E-state index contributed by atoms with van der Waals surface area (Å²) in [6.07, 6.45) is 9.50. The summed E-state index contributed by atoms with van der Waals surface area (Å²) in [6.45, 7) is 3.21. The number of carboxylic acids is 2. The van der Waals surface area contributed by atoms with Crippen molar-refractivity contribution in [2.45, 2.75) is 89.5 Å². The minimum atomic E-state index is -1.18. The number of unbranched alkanes of at least 4 members (excludes halogenated alkanes) is 7. The highest BCUT2D eigenvalue weighted by molar-refractivity contribution is 5.83. The van der Waals surface area contributed by atoms with Gasteiger partial charge in [-0.15, -0.1) is 0 Å². The molecule has 0 aromatic heterocycles. The van der Waals surface area contributed by atoms with E-state index in [0.29, 0.717) is 58.9 Å². The maximum Gasteiger partial charge on any atom is 0.326 e. The number of hydrogen-bond donors (Lipinski definition) is 4. The number of aldehydes is 1. The second-order valence-corrected chi connectivity index (χ2v) is 9.47. The first kappa shape index (κ1) is 38.4. The van der Waals surface area contributed by atoms with Gasteiger partial charge in [0.05, 0.1) is 52.9 Å². The maximum absolute atomic E-state index is 11.8. The molecule has 0 aromatic carbocycles. The normalized spacial score (nSPS) is 11.6. The van der Waals surface area contributed by atoms with E-state index in [0.717, 1.165) is 51.4 Å². The van der Waals surface area contributed by atoms with E-state index in [1.807, 2.05) is 0 Å². The summed E-state index contributed by atoms with van der Waals surface area (Å²) in [5.74, 6) is -2.33. The molecule has 0 fully saturated rings. The Morgan fingerprint density at radius 1 is 0.610 bits per heavy atom. The van der Waals surface area contributed by atoms with Crippen molar-refractivity contribution in [1.29, 1.82) is 0 Å². The van der Waals surface area contributed by atoms with E-state index < -0.39 is 23.9 Å². The molecule has 0 rings (SSSR count). The molecule has 0 radical (unpaired) electrons. The van der Waals surface area contributed by atoms with Crippen LogP contribution in [0.4, 0.5) is 0 Å². The monoisotopic (exact) mass is 590 g/mol. The molecule has 0 aliphatic rings. The maximum atomic E-state index is 11.8. The third-order valence-corrected chi connectivity index (χ3v) is 5.91. The van der Waals surface area contributed by atoms with Gasteiger partial charge < -0.3 is 44.6 Å². The minimum absolute atomic E-state index is 0.0125. The fourth-order valence-electron chi connectivity index (χ4n) is 3.66. The van der Waals surface area contributed by atoms with Crippen LogP contribution in [0.2, 0.25) is 0 Å². The Kier molecular flexibility index (Phi) is 27.1. The number of carboxylic acid groups (broad SMARTS) is 2. The highest BCUT2D eigenvalue weighted by atomic mass is 16.6. The first-order valence-corrected chi connectivity index (χ1v) is 14.6. The van der Waals surface area contributed by atoms with Gasteiger partial charge in [0, 0.05) is 32.2 Å². The quantitative estimate of drug-likeness (QED) is 0.0684. The van der Waals surface area contributed by atoms with Crippen LogP contribution in [-0.2, 0) is 42.9 Å². The van der Waals surface area contributed by atoms with E-state index in [1.165, 1.54) is 0 Å². The van der Waals surface area contributed by atoms with Crippen LogP contribution in [-0.4, -0.2) is 106 Å². The van der Waals surface area contributed by atoms with Crippen LogP contribution >= 0.6 is 0 Å². The number of carbonyl (C=O) groups is 5. The van der Waals surface area contributed by atoms with Gasteiger partial charge in [0.15, 0.2) is 0 Å². The first-order valence-electron chi connectivity index (χ1n) is 14.6. The average Bonchev–Trinajstić information content (AvgIpc) is 2.93. The van der Waals surface area contributed by atoms with Gasteiger partial charge in [-0.25, -0.2) is 4.79 Å². The summed E-state index contributed by atoms with van der Waals surface area (Å²) < 4.78 is 21.5. The predicted octanol–water partition coefficient (Wildman–Crippen LogP) is 2.09. The lowest BCUT2D eigenvalue weighted by Gasteiger charge is -2.13. The Balaban J connectivity index is 3.35. The van der Waals surface area contributed by atoms with E-state index in [4.69, 9.17) is 29.2 Å². The van der Waals surface area contributed by atoms with Gasteiger partial charge in [0.25, 0.3) is 0 Å². The minimum Gasteiger partial charge on any atom is -0.481 e. The van der Waals surface area contributed by atoms with Gasteiger partial charge in [-0.2, -0.15) is 0 Å². The topological polar surface area (TPSA) is 187 Å². The van der Waals surface area contributed by atoms with Gasteiger partial charge in [0.1, 0.15) is 12.3 Å². The molecule has 0 spiro atoms. The Labute approximate surface area is 243 Å². The number of nitrogens with one attached hydrogen (secondary N) is 2. The summed E-state index contributed by atoms with van der Waals surface area (Å²) in [6, 6.07) is -1.08. The highest BCUT2D eigenvalue weighted by Gasteiger charge is 2.19. The number of rotatable bonds is 31. The standard InChI is InChI=1S/C28H50N2O11/c31-15-9-10-24(28(36)37)30-26(33)13-16-38-18-20-40-22-23-41-21-19-39-17-14-29-25(32)11-7-5-3-1-2-4-6-8-12-27(34)35/h15,24H,1-14,16-23H2,(H,29,32)(H,30,33)(H,34,35)(H,36,37). The molecule has 1 atom stereocenters. The van der Waals surface area contributed by atoms with Gasteiger partial charge in [-0.1, -0.05) is 38.5 Å². The molecule has 0 aliphatic carbocycles. The Morgan fingerprint density at radius 3 is 1.61 bits per heavy atom. The molecule has 0 heterocycles. The summed E-state index contributed by atoms with van der Waals surface area (Å²) in [5.41, 5.74) is 0. The van der Waals surface area contributed by atoms with Crippen molar-refractivity contribution in [2.75, 3.05) is 59.4 Å². The van der Waals surface area contributed by atoms with E-state index in [9.17, 15) is 24.0 Å². The zero-order valence-corrected chi connectivity index (χ0v) is 24.3. The molecule has 238 valence electrons. The molecule has 0 aliphatic heterocycles. The number of amides is 2. The molecule has 2 amide bonds. The highest BCUT2D eigenvalue weighted by Crippen LogP contribution is 2.10. The van der Waals surface area contributed by atoms with E-state index >= 15 is 0 Å². The molecular formula is C28H50N2O11. The summed E-state index contributed by atoms with van der Waals surface area (Å²) in [7, 11) is 0. The van der Waals surface area contributed by atoms with Crippen molar-refractivity contribution in [3.63, 3.8) is 0 Å². The Morgan fingerprint density at radius 2 is 1.10 bits per heavy atom. The van der Waals surface area contributed by atoms with Gasteiger partial charge >= 0.3 is 11.9 Å². The lowest BCUT2D eigenvalue weighted by molar-refractivity contribution is -0.142. The van der Waals surface area contributed by atoms with E-state index in [1.54, 1.807) is 0 Å². The van der Waals surface area contributed by atoms with E-state index in [2.05, 4.69) is 10.6 Å². The van der Waals surface area contributed by atoms with Crippen LogP contribution < -0.4 is 10.6 Å². The lowest BCUT2D eigenvalue weighted by atomic mass is 10.1. The molecule has 0 saturated carbocycles. The molecule has 0 bridgehead atoms. The molecule has 1 unspecified atom stereocenters. The second kappa shape index (κ2) is 28.9. The Bertz CT molecular complexity index is 707. The van der Waals surface area contributed by atoms with Crippen molar-refractivity contribution < 1.29 is 53.1 Å². The van der Waals surface area contributed by atoms with Crippen LogP contribution in [0.15, 0.2) is 0 Å². The summed E-state index contributed by atoms with van der Waals surface area (Å²) >= 11 is 0. The van der Waals surface area contributed by atoms with Crippen LogP contribution in [0.25, 0.3) is 0 Å². The zero-order chi connectivity index (χ0) is 30.4. The first-order chi connectivity index (χ1) is 19.9. The third kappa shape index (κ3) is 28.7. The molecule has 41 heavy (non-hydrogen) atoms. The summed E-state index contributed by atoms with van der Waals surface area (Å²) in [4.78, 5) is 55.4. The lowest BCUT2D eigenvalue weighted by Crippen LogP contribution is -2.41. The van der Waals surface area contributed by atoms with Crippen molar-refractivity contribution in [3.8, 4) is 0 Å². The fraction of sp³-hybridized carbons (Fsp3) is 0.821. The largest absolute Gasteiger partial charge is 0.481 e. The van der Waals surface area contributed by atoms with Crippen LogP contribution in [0.5, 0.6) is 0 Å². The van der Waals surface area contributed by atoms with E-state index in [-0.39, 0.29) is 44.8 Å². The Hall–Kier alpha value is -2.61. The zero-order valence-electron chi connectivity index (χ0n) is 24.3. The van der Waals surface area contributed by atoms with Crippen molar-refractivity contribution in [3.05, 3.63) is 0 Å². The number of hydrogen-bond acceptors (Lipinski definition) is 9. The van der Waals surface area contributed by atoms with Gasteiger partial charge in [-0.05, 0) is 19.3 Å².